The Labute approximate surface area is 200 Å². The third kappa shape index (κ3) is 6.08. The van der Waals surface area contributed by atoms with E-state index in [0.717, 1.165) is 45.6 Å². The highest BCUT2D eigenvalue weighted by atomic mass is 16.5. The van der Waals surface area contributed by atoms with Gasteiger partial charge in [-0.2, -0.15) is 0 Å². The number of carbonyl (C=O) groups excluding carboxylic acids is 1. The number of aromatic carboxylic acids is 1. The number of nitrogens with zero attached hydrogens (tertiary/aromatic N) is 1. The fourth-order valence-corrected chi connectivity index (χ4v) is 4.06. The first-order valence-corrected chi connectivity index (χ1v) is 11.5. The quantitative estimate of drug-likeness (QED) is 0.435. The predicted molar refractivity (Wildman–Crippen MR) is 132 cm³/mol. The number of carbonyl (C=O) groups is 2. The maximum absolute atomic E-state index is 12.9. The van der Waals surface area contributed by atoms with E-state index in [4.69, 9.17) is 20.6 Å². The SMILES string of the molecule is Cc1ccc(-c2c(CC(=O)OCc3cccc(C(=O)O)c3)c(C)nc(CC(C)C)c2CN)cc1. The lowest BCUT2D eigenvalue weighted by Gasteiger charge is -2.21. The van der Waals surface area contributed by atoms with Crippen LogP contribution in [0, 0.1) is 19.8 Å². The van der Waals surface area contributed by atoms with Crippen molar-refractivity contribution in [1.82, 2.24) is 4.98 Å². The molecule has 2 aromatic carbocycles. The summed E-state index contributed by atoms with van der Waals surface area (Å²) < 4.78 is 5.51. The number of carboxylic acid groups (broad SMARTS) is 1. The van der Waals surface area contributed by atoms with E-state index in [1.807, 2.05) is 26.0 Å². The normalized spacial score (nSPS) is 11.0. The van der Waals surface area contributed by atoms with E-state index in [-0.39, 0.29) is 18.6 Å². The highest BCUT2D eigenvalue weighted by molar-refractivity contribution is 5.87. The molecule has 0 saturated heterocycles. The van der Waals surface area contributed by atoms with Crippen molar-refractivity contribution < 1.29 is 19.4 Å². The summed E-state index contributed by atoms with van der Waals surface area (Å²) >= 11 is 0. The lowest BCUT2D eigenvalue weighted by atomic mass is 9.88. The van der Waals surface area contributed by atoms with Gasteiger partial charge in [0, 0.05) is 17.9 Å². The molecule has 0 aliphatic rings. The summed E-state index contributed by atoms with van der Waals surface area (Å²) in [7, 11) is 0. The van der Waals surface area contributed by atoms with E-state index in [1.54, 1.807) is 12.1 Å². The Morgan fingerprint density at radius 2 is 1.76 bits per heavy atom. The minimum atomic E-state index is -1.02. The van der Waals surface area contributed by atoms with Crippen LogP contribution >= 0.6 is 0 Å². The lowest BCUT2D eigenvalue weighted by Crippen LogP contribution is -2.16. The second-order valence-corrected chi connectivity index (χ2v) is 8.99. The molecule has 0 unspecified atom stereocenters. The number of aryl methyl sites for hydroxylation is 2. The Morgan fingerprint density at radius 3 is 2.38 bits per heavy atom. The van der Waals surface area contributed by atoms with Crippen molar-refractivity contribution in [3.63, 3.8) is 0 Å². The average molecular weight is 461 g/mol. The van der Waals surface area contributed by atoms with Crippen molar-refractivity contribution in [2.75, 3.05) is 0 Å². The second-order valence-electron chi connectivity index (χ2n) is 8.99. The monoisotopic (exact) mass is 460 g/mol. The van der Waals surface area contributed by atoms with E-state index in [2.05, 4.69) is 26.0 Å². The molecule has 1 heterocycles. The van der Waals surface area contributed by atoms with Crippen molar-refractivity contribution in [3.05, 3.63) is 87.7 Å². The van der Waals surface area contributed by atoms with Gasteiger partial charge in [0.1, 0.15) is 6.61 Å². The van der Waals surface area contributed by atoms with E-state index in [1.165, 1.54) is 12.1 Å². The van der Waals surface area contributed by atoms with Gasteiger partial charge in [-0.05, 0) is 66.1 Å². The molecular weight excluding hydrogens is 428 g/mol. The third-order valence-corrected chi connectivity index (χ3v) is 5.73. The summed E-state index contributed by atoms with van der Waals surface area (Å²) in [4.78, 5) is 28.9. The molecule has 0 spiro atoms. The van der Waals surface area contributed by atoms with Crippen LogP contribution in [0.25, 0.3) is 11.1 Å². The summed E-state index contributed by atoms with van der Waals surface area (Å²) in [5.41, 5.74) is 13.6. The van der Waals surface area contributed by atoms with E-state index in [9.17, 15) is 9.59 Å². The first kappa shape index (κ1) is 25.1. The van der Waals surface area contributed by atoms with Gasteiger partial charge in [0.25, 0.3) is 0 Å². The first-order chi connectivity index (χ1) is 16.2. The number of carboxylic acids is 1. The third-order valence-electron chi connectivity index (χ3n) is 5.73. The van der Waals surface area contributed by atoms with Gasteiger partial charge < -0.3 is 15.6 Å². The van der Waals surface area contributed by atoms with Crippen LogP contribution in [0.3, 0.4) is 0 Å². The van der Waals surface area contributed by atoms with Gasteiger partial charge in [-0.3, -0.25) is 9.78 Å². The van der Waals surface area contributed by atoms with E-state index < -0.39 is 11.9 Å². The molecule has 0 fully saturated rings. The zero-order valence-electron chi connectivity index (χ0n) is 20.2. The number of pyridine rings is 1. The number of benzene rings is 2. The fourth-order valence-electron chi connectivity index (χ4n) is 4.06. The van der Waals surface area contributed by atoms with Crippen LogP contribution in [0.1, 0.15) is 57.8 Å². The Hall–Kier alpha value is -3.51. The van der Waals surface area contributed by atoms with Gasteiger partial charge in [0.05, 0.1) is 12.0 Å². The predicted octanol–water partition coefficient (Wildman–Crippen LogP) is 5.01. The Balaban J connectivity index is 1.94. The van der Waals surface area contributed by atoms with Crippen molar-refractivity contribution in [2.45, 2.75) is 53.7 Å². The van der Waals surface area contributed by atoms with Crippen LogP contribution < -0.4 is 5.73 Å². The molecule has 6 heteroatoms. The summed E-state index contributed by atoms with van der Waals surface area (Å²) in [6, 6.07) is 14.6. The largest absolute Gasteiger partial charge is 0.478 e. The van der Waals surface area contributed by atoms with E-state index in [0.29, 0.717) is 18.0 Å². The van der Waals surface area contributed by atoms with E-state index >= 15 is 0 Å². The van der Waals surface area contributed by atoms with Crippen molar-refractivity contribution in [1.29, 1.82) is 0 Å². The van der Waals surface area contributed by atoms with Crippen molar-refractivity contribution in [2.24, 2.45) is 11.7 Å². The average Bonchev–Trinajstić information content (AvgIpc) is 2.79. The molecule has 3 rings (SSSR count). The number of rotatable bonds is 9. The van der Waals surface area contributed by atoms with Gasteiger partial charge in [0.2, 0.25) is 0 Å². The first-order valence-electron chi connectivity index (χ1n) is 11.5. The molecule has 0 aliphatic heterocycles. The van der Waals surface area contributed by atoms with Crippen LogP contribution in [0.15, 0.2) is 48.5 Å². The van der Waals surface area contributed by atoms with Crippen LogP contribution in [0.5, 0.6) is 0 Å². The smallest absolute Gasteiger partial charge is 0.335 e. The van der Waals surface area contributed by atoms with Gasteiger partial charge in [-0.1, -0.05) is 55.8 Å². The molecular formula is C28H32N2O4. The Bertz CT molecular complexity index is 1180. The van der Waals surface area contributed by atoms with Gasteiger partial charge >= 0.3 is 11.9 Å². The molecule has 34 heavy (non-hydrogen) atoms. The molecule has 0 radical (unpaired) electrons. The molecule has 0 saturated carbocycles. The van der Waals surface area contributed by atoms with Crippen LogP contribution in [-0.4, -0.2) is 22.0 Å². The molecule has 6 nitrogen and oxygen atoms in total. The van der Waals surface area contributed by atoms with Gasteiger partial charge in [0.15, 0.2) is 0 Å². The van der Waals surface area contributed by atoms with Crippen LogP contribution in [0.4, 0.5) is 0 Å². The Kier molecular flexibility index (Phi) is 8.18. The number of hydrogen-bond donors (Lipinski definition) is 2. The topological polar surface area (TPSA) is 103 Å². The number of ether oxygens (including phenoxy) is 1. The zero-order chi connectivity index (χ0) is 24.8. The fraction of sp³-hybridized carbons (Fsp3) is 0.321. The minimum Gasteiger partial charge on any atom is -0.478 e. The molecule has 0 amide bonds. The summed E-state index contributed by atoms with van der Waals surface area (Å²) in [6.07, 6.45) is 0.854. The lowest BCUT2D eigenvalue weighted by molar-refractivity contribution is -0.144. The number of aromatic nitrogens is 1. The summed E-state index contributed by atoms with van der Waals surface area (Å²) in [5.74, 6) is -1.01. The zero-order valence-corrected chi connectivity index (χ0v) is 20.2. The van der Waals surface area contributed by atoms with Crippen LogP contribution in [-0.2, 0) is 35.5 Å². The Morgan fingerprint density at radius 1 is 1.06 bits per heavy atom. The van der Waals surface area contributed by atoms with Gasteiger partial charge in [-0.25, -0.2) is 4.79 Å². The maximum Gasteiger partial charge on any atom is 0.335 e. The molecule has 0 bridgehead atoms. The number of esters is 1. The molecule has 3 N–H and O–H groups in total. The van der Waals surface area contributed by atoms with Crippen molar-refractivity contribution in [3.8, 4) is 11.1 Å². The molecule has 178 valence electrons. The van der Waals surface area contributed by atoms with Crippen molar-refractivity contribution >= 4 is 11.9 Å². The number of hydrogen-bond acceptors (Lipinski definition) is 5. The maximum atomic E-state index is 12.9. The van der Waals surface area contributed by atoms with Crippen LogP contribution in [0.2, 0.25) is 0 Å². The van der Waals surface area contributed by atoms with Gasteiger partial charge in [-0.15, -0.1) is 0 Å². The standard InChI is InChI=1S/C28H32N2O4/c1-17(2)12-25-24(15-29)27(21-10-8-18(3)9-11-21)23(19(4)30-25)14-26(31)34-16-20-6-5-7-22(13-20)28(32)33/h5-11,13,17H,12,14-16,29H2,1-4H3,(H,32,33). The summed E-state index contributed by atoms with van der Waals surface area (Å²) in [5, 5.41) is 9.17. The second kappa shape index (κ2) is 11.1. The molecule has 3 aromatic rings. The molecule has 0 atom stereocenters. The minimum absolute atomic E-state index is 0.00146. The number of nitrogens with two attached hydrogens (primary N) is 1. The molecule has 0 aliphatic carbocycles. The summed E-state index contributed by atoms with van der Waals surface area (Å²) in [6.45, 7) is 8.57. The highest BCUT2D eigenvalue weighted by Gasteiger charge is 2.21. The molecule has 1 aromatic heterocycles. The highest BCUT2D eigenvalue weighted by Crippen LogP contribution is 2.33.